The second-order valence-corrected chi connectivity index (χ2v) is 5.58. The zero-order valence-corrected chi connectivity index (χ0v) is 12.7. The maximum Gasteiger partial charge on any atom is 0.240 e. The Hall–Kier alpha value is -1.10. The Kier molecular flexibility index (Phi) is 7.68. The Morgan fingerprint density at radius 2 is 1.63 bits per heavy atom. The fourth-order valence-corrected chi connectivity index (χ4v) is 2.47. The first-order chi connectivity index (χ1) is 8.84. The van der Waals surface area contributed by atoms with Gasteiger partial charge in [0.15, 0.2) is 0 Å². The van der Waals surface area contributed by atoms with Gasteiger partial charge < -0.3 is 16.8 Å². The molecule has 0 aromatic rings. The van der Waals surface area contributed by atoms with Crippen molar-refractivity contribution in [1.82, 2.24) is 5.32 Å². The van der Waals surface area contributed by atoms with Crippen LogP contribution in [0, 0.1) is 11.3 Å². The predicted octanol–water partition coefficient (Wildman–Crippen LogP) is 1.16. The van der Waals surface area contributed by atoms with Crippen LogP contribution in [0.3, 0.4) is 0 Å². The number of nitrogens with one attached hydrogen (secondary N) is 1. The summed E-state index contributed by atoms with van der Waals surface area (Å²) in [5.74, 6) is -0.668. The second-order valence-electron chi connectivity index (χ2n) is 5.58. The molecule has 0 aliphatic rings. The minimum atomic E-state index is -0.632. The average Bonchev–Trinajstić information content (AvgIpc) is 2.34. The zero-order valence-electron chi connectivity index (χ0n) is 12.7. The first kappa shape index (κ1) is 17.9. The van der Waals surface area contributed by atoms with Crippen molar-refractivity contribution in [2.24, 2.45) is 22.8 Å². The summed E-state index contributed by atoms with van der Waals surface area (Å²) >= 11 is 0. The van der Waals surface area contributed by atoms with Gasteiger partial charge >= 0.3 is 0 Å². The average molecular weight is 271 g/mol. The number of carbonyl (C=O) groups is 2. The monoisotopic (exact) mass is 271 g/mol. The highest BCUT2D eigenvalue weighted by Gasteiger charge is 2.37. The molecule has 0 aromatic carbocycles. The number of primary amides is 1. The molecule has 0 saturated carbocycles. The van der Waals surface area contributed by atoms with Crippen LogP contribution in [-0.4, -0.2) is 24.4 Å². The highest BCUT2D eigenvalue weighted by Crippen LogP contribution is 2.29. The lowest BCUT2D eigenvalue weighted by Crippen LogP contribution is -2.54. The summed E-state index contributed by atoms with van der Waals surface area (Å²) in [6, 6.07) is -0.632. The van der Waals surface area contributed by atoms with Crippen molar-refractivity contribution in [2.45, 2.75) is 59.4 Å². The van der Waals surface area contributed by atoms with E-state index in [1.165, 1.54) is 0 Å². The van der Waals surface area contributed by atoms with Crippen molar-refractivity contribution in [3.63, 3.8) is 0 Å². The van der Waals surface area contributed by atoms with Crippen LogP contribution in [0.2, 0.25) is 0 Å². The van der Waals surface area contributed by atoms with Crippen molar-refractivity contribution >= 4 is 11.8 Å². The van der Waals surface area contributed by atoms with E-state index in [0.717, 1.165) is 25.7 Å². The topological polar surface area (TPSA) is 98.2 Å². The summed E-state index contributed by atoms with van der Waals surface area (Å²) in [6.45, 7) is 8.08. The van der Waals surface area contributed by atoms with Crippen LogP contribution in [0.15, 0.2) is 0 Å². The van der Waals surface area contributed by atoms with E-state index in [9.17, 15) is 9.59 Å². The van der Waals surface area contributed by atoms with Gasteiger partial charge in [0.2, 0.25) is 11.8 Å². The number of rotatable bonds is 9. The van der Waals surface area contributed by atoms with E-state index < -0.39 is 17.4 Å². The third kappa shape index (κ3) is 4.82. The Bertz CT molecular complexity index is 297. The van der Waals surface area contributed by atoms with E-state index in [1.54, 1.807) is 0 Å². The van der Waals surface area contributed by atoms with Crippen molar-refractivity contribution in [2.75, 3.05) is 6.54 Å². The normalized spacial score (nSPS) is 13.4. The highest BCUT2D eigenvalue weighted by molar-refractivity contribution is 5.89. The molecule has 5 N–H and O–H groups in total. The smallest absolute Gasteiger partial charge is 0.240 e. The molecule has 0 aliphatic heterocycles. The number of hydrogen-bond acceptors (Lipinski definition) is 3. The summed E-state index contributed by atoms with van der Waals surface area (Å²) in [6.07, 6.45) is 3.22. The van der Waals surface area contributed by atoms with Gasteiger partial charge in [-0.1, -0.05) is 40.5 Å². The Morgan fingerprint density at radius 3 is 1.89 bits per heavy atom. The van der Waals surface area contributed by atoms with E-state index in [2.05, 4.69) is 5.32 Å². The first-order valence-corrected chi connectivity index (χ1v) is 7.15. The SMILES string of the molecule is CCCC(CN)(CCC)C(=O)NC(C(N)=O)C(C)C. The fourth-order valence-electron chi connectivity index (χ4n) is 2.47. The lowest BCUT2D eigenvalue weighted by Gasteiger charge is -2.33. The van der Waals surface area contributed by atoms with E-state index >= 15 is 0 Å². The summed E-state index contributed by atoms with van der Waals surface area (Å²) < 4.78 is 0. The molecule has 0 aliphatic carbocycles. The van der Waals surface area contributed by atoms with Gasteiger partial charge in [-0.2, -0.15) is 0 Å². The molecule has 112 valence electrons. The maximum absolute atomic E-state index is 12.5. The molecular weight excluding hydrogens is 242 g/mol. The molecule has 5 nitrogen and oxygen atoms in total. The molecule has 0 aromatic heterocycles. The molecule has 0 radical (unpaired) electrons. The molecule has 5 heteroatoms. The van der Waals surface area contributed by atoms with Gasteiger partial charge in [-0.05, 0) is 18.8 Å². The van der Waals surface area contributed by atoms with Gasteiger partial charge in [0, 0.05) is 6.54 Å². The van der Waals surface area contributed by atoms with Crippen LogP contribution in [0.25, 0.3) is 0 Å². The minimum absolute atomic E-state index is 0.0276. The van der Waals surface area contributed by atoms with Gasteiger partial charge in [-0.3, -0.25) is 9.59 Å². The van der Waals surface area contributed by atoms with E-state index in [4.69, 9.17) is 11.5 Å². The van der Waals surface area contributed by atoms with Gasteiger partial charge in [-0.25, -0.2) is 0 Å². The number of nitrogens with two attached hydrogens (primary N) is 2. The quantitative estimate of drug-likeness (QED) is 0.587. The Morgan fingerprint density at radius 1 is 1.16 bits per heavy atom. The van der Waals surface area contributed by atoms with E-state index in [-0.39, 0.29) is 11.8 Å². The molecule has 0 heterocycles. The van der Waals surface area contributed by atoms with Crippen LogP contribution < -0.4 is 16.8 Å². The molecule has 0 rings (SSSR count). The Balaban J connectivity index is 5.03. The Labute approximate surface area is 116 Å². The molecule has 0 fully saturated rings. The fraction of sp³-hybridized carbons (Fsp3) is 0.857. The first-order valence-electron chi connectivity index (χ1n) is 7.15. The molecule has 0 bridgehead atoms. The molecule has 0 spiro atoms. The molecular formula is C14H29N3O2. The maximum atomic E-state index is 12.5. The predicted molar refractivity (Wildman–Crippen MR) is 77.3 cm³/mol. The van der Waals surface area contributed by atoms with Crippen molar-refractivity contribution < 1.29 is 9.59 Å². The zero-order chi connectivity index (χ0) is 15.1. The van der Waals surface area contributed by atoms with E-state index in [0.29, 0.717) is 6.54 Å². The third-order valence-corrected chi connectivity index (χ3v) is 3.59. The summed E-state index contributed by atoms with van der Waals surface area (Å²) in [7, 11) is 0. The van der Waals surface area contributed by atoms with Crippen LogP contribution in [-0.2, 0) is 9.59 Å². The van der Waals surface area contributed by atoms with Crippen molar-refractivity contribution in [3.8, 4) is 0 Å². The van der Waals surface area contributed by atoms with Gasteiger partial charge in [0.1, 0.15) is 6.04 Å². The number of carbonyl (C=O) groups excluding carboxylic acids is 2. The van der Waals surface area contributed by atoms with Crippen LogP contribution in [0.4, 0.5) is 0 Å². The third-order valence-electron chi connectivity index (χ3n) is 3.59. The minimum Gasteiger partial charge on any atom is -0.368 e. The molecule has 19 heavy (non-hydrogen) atoms. The van der Waals surface area contributed by atoms with Gasteiger partial charge in [0.05, 0.1) is 5.41 Å². The van der Waals surface area contributed by atoms with Crippen LogP contribution >= 0.6 is 0 Å². The van der Waals surface area contributed by atoms with Crippen LogP contribution in [0.5, 0.6) is 0 Å². The summed E-state index contributed by atoms with van der Waals surface area (Å²) in [5.41, 5.74) is 10.6. The van der Waals surface area contributed by atoms with Crippen molar-refractivity contribution in [1.29, 1.82) is 0 Å². The largest absolute Gasteiger partial charge is 0.368 e. The number of amides is 2. The summed E-state index contributed by atoms with van der Waals surface area (Å²) in [5, 5.41) is 2.78. The molecule has 1 unspecified atom stereocenters. The molecule has 2 amide bonds. The van der Waals surface area contributed by atoms with Crippen LogP contribution in [0.1, 0.15) is 53.4 Å². The van der Waals surface area contributed by atoms with Crippen molar-refractivity contribution in [3.05, 3.63) is 0 Å². The second kappa shape index (κ2) is 8.15. The number of hydrogen-bond donors (Lipinski definition) is 3. The van der Waals surface area contributed by atoms with Gasteiger partial charge in [-0.15, -0.1) is 0 Å². The summed E-state index contributed by atoms with van der Waals surface area (Å²) in [4.78, 5) is 23.9. The highest BCUT2D eigenvalue weighted by atomic mass is 16.2. The molecule has 0 saturated heterocycles. The molecule has 1 atom stereocenters. The van der Waals surface area contributed by atoms with E-state index in [1.807, 2.05) is 27.7 Å². The van der Waals surface area contributed by atoms with Gasteiger partial charge in [0.25, 0.3) is 0 Å². The lowest BCUT2D eigenvalue weighted by atomic mass is 9.78. The lowest BCUT2D eigenvalue weighted by molar-refractivity contribution is -0.135. The standard InChI is InChI=1S/C14H29N3O2/c1-5-7-14(9-15,8-6-2)13(19)17-11(10(3)4)12(16)18/h10-11H,5-9,15H2,1-4H3,(H2,16,18)(H,17,19).